The molecule has 0 aromatic carbocycles. The second-order valence-electron chi connectivity index (χ2n) is 4.91. The Kier molecular flexibility index (Phi) is 4.44. The summed E-state index contributed by atoms with van der Waals surface area (Å²) in [6.45, 7) is 6.03. The molecule has 6 heteroatoms. The Hall–Kier alpha value is -1.82. The molecular formula is C14H20N4OS. The number of thiophene rings is 1. The van der Waals surface area contributed by atoms with Gasteiger partial charge in [-0.15, -0.1) is 11.3 Å². The molecule has 20 heavy (non-hydrogen) atoms. The summed E-state index contributed by atoms with van der Waals surface area (Å²) in [6.07, 6.45) is 1.55. The van der Waals surface area contributed by atoms with Crippen molar-refractivity contribution in [1.29, 1.82) is 0 Å². The molecule has 2 aromatic rings. The van der Waals surface area contributed by atoms with E-state index in [2.05, 4.69) is 34.6 Å². The van der Waals surface area contributed by atoms with Gasteiger partial charge in [-0.05, 0) is 32.4 Å². The van der Waals surface area contributed by atoms with Crippen molar-refractivity contribution in [3.63, 3.8) is 0 Å². The minimum atomic E-state index is -0.223. The number of amides is 1. The number of nitrogens with zero attached hydrogens (tertiary/aromatic N) is 1. The molecule has 2 rings (SSSR count). The second-order valence-corrected chi connectivity index (χ2v) is 6.28. The number of aryl methyl sites for hydroxylation is 2. The first kappa shape index (κ1) is 14.6. The van der Waals surface area contributed by atoms with E-state index in [-0.39, 0.29) is 17.6 Å². The fourth-order valence-electron chi connectivity index (χ4n) is 2.07. The van der Waals surface area contributed by atoms with Crippen molar-refractivity contribution in [1.82, 2.24) is 15.5 Å². The number of aromatic nitrogens is 2. The van der Waals surface area contributed by atoms with Crippen LogP contribution in [0.3, 0.4) is 0 Å². The summed E-state index contributed by atoms with van der Waals surface area (Å²) in [7, 11) is 0. The number of nitrogen functional groups attached to an aromatic ring is 1. The van der Waals surface area contributed by atoms with E-state index in [9.17, 15) is 4.79 Å². The van der Waals surface area contributed by atoms with Gasteiger partial charge in [0.1, 0.15) is 0 Å². The summed E-state index contributed by atoms with van der Waals surface area (Å²) >= 11 is 1.75. The summed E-state index contributed by atoms with van der Waals surface area (Å²) in [6, 6.07) is 4.23. The van der Waals surface area contributed by atoms with Gasteiger partial charge in [0.2, 0.25) is 0 Å². The van der Waals surface area contributed by atoms with Crippen LogP contribution in [0.2, 0.25) is 0 Å². The van der Waals surface area contributed by atoms with E-state index in [1.54, 1.807) is 11.3 Å². The molecule has 0 spiro atoms. The number of nitrogens with two attached hydrogens (primary N) is 1. The third-order valence-electron chi connectivity index (χ3n) is 3.13. The van der Waals surface area contributed by atoms with Crippen LogP contribution in [0, 0.1) is 6.92 Å². The third-order valence-corrected chi connectivity index (χ3v) is 4.16. The fraction of sp³-hybridized carbons (Fsp3) is 0.429. The number of H-pyrrole nitrogens is 1. The topological polar surface area (TPSA) is 83.8 Å². The van der Waals surface area contributed by atoms with Gasteiger partial charge in [0.05, 0.1) is 11.4 Å². The fourth-order valence-corrected chi connectivity index (χ4v) is 3.09. The van der Waals surface area contributed by atoms with Crippen LogP contribution in [0.4, 0.5) is 5.69 Å². The lowest BCUT2D eigenvalue weighted by Gasteiger charge is -2.12. The first-order chi connectivity index (χ1) is 9.51. The highest BCUT2D eigenvalue weighted by atomic mass is 32.1. The van der Waals surface area contributed by atoms with E-state index in [1.165, 1.54) is 9.75 Å². The van der Waals surface area contributed by atoms with Crippen molar-refractivity contribution < 1.29 is 4.79 Å². The Balaban J connectivity index is 1.98. The normalized spacial score (nSPS) is 12.3. The minimum Gasteiger partial charge on any atom is -0.395 e. The van der Waals surface area contributed by atoms with E-state index in [1.807, 2.05) is 13.8 Å². The van der Waals surface area contributed by atoms with Gasteiger partial charge in [0.15, 0.2) is 5.69 Å². The van der Waals surface area contributed by atoms with Crippen LogP contribution in [0.15, 0.2) is 12.1 Å². The maximum Gasteiger partial charge on any atom is 0.274 e. The van der Waals surface area contributed by atoms with E-state index in [0.29, 0.717) is 5.69 Å². The molecule has 1 unspecified atom stereocenters. The van der Waals surface area contributed by atoms with Crippen molar-refractivity contribution in [3.05, 3.63) is 33.3 Å². The van der Waals surface area contributed by atoms with Crippen molar-refractivity contribution >= 4 is 22.9 Å². The monoisotopic (exact) mass is 292 g/mol. The molecule has 0 saturated heterocycles. The van der Waals surface area contributed by atoms with Gasteiger partial charge in [-0.1, -0.05) is 6.92 Å². The molecular weight excluding hydrogens is 272 g/mol. The molecule has 5 nitrogen and oxygen atoms in total. The number of aromatic amines is 1. The quantitative estimate of drug-likeness (QED) is 0.790. The van der Waals surface area contributed by atoms with Gasteiger partial charge in [-0.2, -0.15) is 5.10 Å². The molecule has 4 N–H and O–H groups in total. The predicted octanol–water partition coefficient (Wildman–Crippen LogP) is 2.29. The maximum atomic E-state index is 12.1. The Labute approximate surface area is 122 Å². The minimum absolute atomic E-state index is 0.0433. The highest BCUT2D eigenvalue weighted by molar-refractivity contribution is 7.11. The maximum absolute atomic E-state index is 12.1. The Bertz CT molecular complexity index is 602. The third kappa shape index (κ3) is 3.19. The van der Waals surface area contributed by atoms with Crippen LogP contribution < -0.4 is 11.1 Å². The molecule has 0 aliphatic heterocycles. The molecule has 0 saturated carbocycles. The highest BCUT2D eigenvalue weighted by Gasteiger charge is 2.18. The molecule has 0 aliphatic carbocycles. The van der Waals surface area contributed by atoms with Crippen LogP contribution in [-0.4, -0.2) is 22.1 Å². The summed E-state index contributed by atoms with van der Waals surface area (Å²) < 4.78 is 0. The summed E-state index contributed by atoms with van der Waals surface area (Å²) in [5.74, 6) is -0.223. The summed E-state index contributed by atoms with van der Waals surface area (Å²) in [5.41, 5.74) is 7.43. The van der Waals surface area contributed by atoms with Gasteiger partial charge in [0.25, 0.3) is 5.91 Å². The molecule has 2 heterocycles. The number of anilines is 1. The van der Waals surface area contributed by atoms with E-state index >= 15 is 0 Å². The lowest BCUT2D eigenvalue weighted by Crippen LogP contribution is -2.34. The number of nitrogens with one attached hydrogen (secondary N) is 2. The highest BCUT2D eigenvalue weighted by Crippen LogP contribution is 2.18. The number of hydrogen-bond acceptors (Lipinski definition) is 4. The van der Waals surface area contributed by atoms with Crippen LogP contribution in [0.5, 0.6) is 0 Å². The Morgan fingerprint density at radius 2 is 2.30 bits per heavy atom. The summed E-state index contributed by atoms with van der Waals surface area (Å²) in [5, 5.41) is 9.73. The molecule has 0 fully saturated rings. The first-order valence-electron chi connectivity index (χ1n) is 6.70. The van der Waals surface area contributed by atoms with E-state index in [0.717, 1.165) is 18.5 Å². The lowest BCUT2D eigenvalue weighted by atomic mass is 10.2. The molecule has 1 amide bonds. The van der Waals surface area contributed by atoms with Crippen molar-refractivity contribution in [2.75, 3.05) is 5.73 Å². The Morgan fingerprint density at radius 1 is 1.55 bits per heavy atom. The lowest BCUT2D eigenvalue weighted by molar-refractivity contribution is 0.0936. The average molecular weight is 292 g/mol. The molecule has 2 aromatic heterocycles. The number of carbonyl (C=O) groups excluding carboxylic acids is 1. The molecule has 0 aliphatic rings. The smallest absolute Gasteiger partial charge is 0.274 e. The van der Waals surface area contributed by atoms with Gasteiger partial charge in [-0.3, -0.25) is 9.89 Å². The zero-order valence-corrected chi connectivity index (χ0v) is 12.8. The van der Waals surface area contributed by atoms with E-state index < -0.39 is 0 Å². The molecule has 1 atom stereocenters. The van der Waals surface area contributed by atoms with Crippen LogP contribution in [-0.2, 0) is 12.8 Å². The molecule has 108 valence electrons. The zero-order valence-electron chi connectivity index (χ0n) is 12.0. The van der Waals surface area contributed by atoms with E-state index in [4.69, 9.17) is 5.73 Å². The molecule has 0 radical (unpaired) electrons. The first-order valence-corrected chi connectivity index (χ1v) is 7.51. The van der Waals surface area contributed by atoms with Crippen molar-refractivity contribution in [2.45, 2.75) is 39.7 Å². The van der Waals surface area contributed by atoms with Crippen LogP contribution >= 0.6 is 11.3 Å². The summed E-state index contributed by atoms with van der Waals surface area (Å²) in [4.78, 5) is 14.7. The van der Waals surface area contributed by atoms with Gasteiger partial charge in [-0.25, -0.2) is 0 Å². The Morgan fingerprint density at radius 3 is 2.85 bits per heavy atom. The SMILES string of the molecule is CCc1[nH]nc(C(=O)NC(C)Cc2ccc(C)s2)c1N. The standard InChI is InChI=1S/C14H20N4OS/c1-4-11-12(15)13(18-17-11)14(19)16-8(2)7-10-6-5-9(3)20-10/h5-6,8H,4,7,15H2,1-3H3,(H,16,19)(H,17,18). The van der Waals surface area contributed by atoms with Gasteiger partial charge >= 0.3 is 0 Å². The van der Waals surface area contributed by atoms with Crippen molar-refractivity contribution in [2.24, 2.45) is 0 Å². The second kappa shape index (κ2) is 6.09. The average Bonchev–Trinajstić information content (AvgIpc) is 2.95. The molecule has 0 bridgehead atoms. The predicted molar refractivity (Wildman–Crippen MR) is 82.1 cm³/mol. The number of rotatable bonds is 5. The van der Waals surface area contributed by atoms with Gasteiger partial charge in [0, 0.05) is 22.2 Å². The number of hydrogen-bond donors (Lipinski definition) is 3. The largest absolute Gasteiger partial charge is 0.395 e. The van der Waals surface area contributed by atoms with Crippen molar-refractivity contribution in [3.8, 4) is 0 Å². The number of carbonyl (C=O) groups is 1. The van der Waals surface area contributed by atoms with Gasteiger partial charge < -0.3 is 11.1 Å². The zero-order chi connectivity index (χ0) is 14.7. The van der Waals surface area contributed by atoms with Crippen LogP contribution in [0.1, 0.15) is 39.8 Å². The van der Waals surface area contributed by atoms with Crippen LogP contribution in [0.25, 0.3) is 0 Å².